The number of fused-ring (bicyclic) bond motifs is 2. The number of aromatic nitrogens is 3. The lowest BCUT2D eigenvalue weighted by Crippen LogP contribution is -2.27. The molecule has 3 heterocycles. The third-order valence-corrected chi connectivity index (χ3v) is 4.84. The molecule has 0 N–H and O–H groups in total. The van der Waals surface area contributed by atoms with Crippen LogP contribution in [0.4, 0.5) is 0 Å². The van der Waals surface area contributed by atoms with Crippen molar-refractivity contribution in [2.24, 2.45) is 5.92 Å². The van der Waals surface area contributed by atoms with E-state index < -0.39 is 5.79 Å². The van der Waals surface area contributed by atoms with Crippen LogP contribution in [0, 0.1) is 5.92 Å². The van der Waals surface area contributed by atoms with E-state index in [9.17, 15) is 0 Å². The SMILES string of the molecule is C[C@H]1C[C@@H](n2ccc3c(Cl)ncnc32)[C@@H]2OC(C)(C)O[C@@H]21. The van der Waals surface area contributed by atoms with Crippen LogP contribution >= 0.6 is 11.6 Å². The van der Waals surface area contributed by atoms with Crippen molar-refractivity contribution >= 4 is 22.6 Å². The Bertz CT molecular complexity index is 699. The highest BCUT2D eigenvalue weighted by atomic mass is 35.5. The molecular weight excluding hydrogens is 290 g/mol. The lowest BCUT2D eigenvalue weighted by Gasteiger charge is -2.23. The third-order valence-electron chi connectivity index (χ3n) is 4.53. The van der Waals surface area contributed by atoms with Gasteiger partial charge in [0.05, 0.1) is 17.5 Å². The van der Waals surface area contributed by atoms with Gasteiger partial charge in [-0.1, -0.05) is 18.5 Å². The highest BCUT2D eigenvalue weighted by molar-refractivity contribution is 6.33. The molecule has 2 aromatic rings. The van der Waals surface area contributed by atoms with Gasteiger partial charge in [0.1, 0.15) is 23.2 Å². The van der Waals surface area contributed by atoms with Crippen molar-refractivity contribution in [1.82, 2.24) is 14.5 Å². The summed E-state index contributed by atoms with van der Waals surface area (Å²) in [6.07, 6.45) is 4.74. The Kier molecular flexibility index (Phi) is 2.83. The maximum Gasteiger partial charge on any atom is 0.163 e. The van der Waals surface area contributed by atoms with Gasteiger partial charge in [0.25, 0.3) is 0 Å². The van der Waals surface area contributed by atoms with E-state index in [2.05, 4.69) is 21.5 Å². The van der Waals surface area contributed by atoms with Crippen LogP contribution in [0.3, 0.4) is 0 Å². The zero-order valence-electron chi connectivity index (χ0n) is 12.3. The summed E-state index contributed by atoms with van der Waals surface area (Å²) in [5, 5.41) is 1.37. The molecule has 4 atom stereocenters. The van der Waals surface area contributed by atoms with Gasteiger partial charge >= 0.3 is 0 Å². The molecule has 4 rings (SSSR count). The van der Waals surface area contributed by atoms with Crippen molar-refractivity contribution in [3.8, 4) is 0 Å². The molecule has 112 valence electrons. The molecular formula is C15H18ClN3O2. The first-order valence-electron chi connectivity index (χ1n) is 7.29. The van der Waals surface area contributed by atoms with Crippen molar-refractivity contribution in [2.75, 3.05) is 0 Å². The number of halogens is 1. The molecule has 1 aliphatic carbocycles. The molecule has 5 nitrogen and oxygen atoms in total. The molecule has 0 radical (unpaired) electrons. The zero-order chi connectivity index (χ0) is 14.8. The first kappa shape index (κ1) is 13.5. The molecule has 2 aliphatic rings. The van der Waals surface area contributed by atoms with E-state index in [0.717, 1.165) is 17.5 Å². The van der Waals surface area contributed by atoms with Crippen LogP contribution in [0.2, 0.25) is 5.15 Å². The Morgan fingerprint density at radius 3 is 2.86 bits per heavy atom. The predicted octanol–water partition coefficient (Wildman–Crippen LogP) is 3.19. The van der Waals surface area contributed by atoms with E-state index in [4.69, 9.17) is 21.1 Å². The fraction of sp³-hybridized carbons (Fsp3) is 0.600. The van der Waals surface area contributed by atoms with Crippen LogP contribution < -0.4 is 0 Å². The molecule has 0 unspecified atom stereocenters. The van der Waals surface area contributed by atoms with Gasteiger partial charge in [0.2, 0.25) is 0 Å². The normalized spacial score (nSPS) is 34.5. The topological polar surface area (TPSA) is 49.2 Å². The van der Waals surface area contributed by atoms with Gasteiger partial charge in [-0.2, -0.15) is 0 Å². The summed E-state index contributed by atoms with van der Waals surface area (Å²) in [5.41, 5.74) is 0.862. The van der Waals surface area contributed by atoms with Gasteiger partial charge in [0.15, 0.2) is 5.79 Å². The molecule has 0 spiro atoms. The van der Waals surface area contributed by atoms with Gasteiger partial charge in [-0.25, -0.2) is 9.97 Å². The molecule has 1 aliphatic heterocycles. The van der Waals surface area contributed by atoms with Crippen molar-refractivity contribution in [3.05, 3.63) is 23.7 Å². The maximum absolute atomic E-state index is 6.14. The van der Waals surface area contributed by atoms with Crippen molar-refractivity contribution in [2.45, 2.75) is 51.2 Å². The van der Waals surface area contributed by atoms with E-state index in [1.807, 2.05) is 26.1 Å². The average molecular weight is 308 g/mol. The summed E-state index contributed by atoms with van der Waals surface area (Å²) in [6.45, 7) is 6.17. The minimum absolute atomic E-state index is 0.0549. The van der Waals surface area contributed by atoms with Crippen LogP contribution in [0.15, 0.2) is 18.6 Å². The molecule has 0 aromatic carbocycles. The number of hydrogen-bond acceptors (Lipinski definition) is 4. The Morgan fingerprint density at radius 1 is 1.29 bits per heavy atom. The first-order valence-corrected chi connectivity index (χ1v) is 7.67. The summed E-state index contributed by atoms with van der Waals surface area (Å²) < 4.78 is 14.4. The van der Waals surface area contributed by atoms with Gasteiger partial charge in [-0.05, 0) is 32.3 Å². The van der Waals surface area contributed by atoms with E-state index in [-0.39, 0.29) is 18.2 Å². The standard InChI is InChI=1S/C15H18ClN3O2/c1-8-6-10(12-11(8)20-15(2,3)21-12)19-5-4-9-13(16)17-7-18-14(9)19/h4-5,7-8,10-12H,6H2,1-3H3/t8-,10+,11+,12-/m0/s1. The second-order valence-electron chi connectivity index (χ2n) is 6.47. The van der Waals surface area contributed by atoms with Gasteiger partial charge in [0, 0.05) is 6.20 Å². The Balaban J connectivity index is 1.77. The highest BCUT2D eigenvalue weighted by Crippen LogP contribution is 2.47. The highest BCUT2D eigenvalue weighted by Gasteiger charge is 2.53. The molecule has 21 heavy (non-hydrogen) atoms. The maximum atomic E-state index is 6.14. The number of hydrogen-bond donors (Lipinski definition) is 0. The summed E-state index contributed by atoms with van der Waals surface area (Å²) in [7, 11) is 0. The summed E-state index contributed by atoms with van der Waals surface area (Å²) in [6, 6.07) is 2.19. The quantitative estimate of drug-likeness (QED) is 0.759. The van der Waals surface area contributed by atoms with Crippen LogP contribution in [-0.4, -0.2) is 32.5 Å². The van der Waals surface area contributed by atoms with E-state index >= 15 is 0 Å². The van der Waals surface area contributed by atoms with Crippen LogP contribution in [0.1, 0.15) is 33.2 Å². The lowest BCUT2D eigenvalue weighted by molar-refractivity contribution is -0.159. The molecule has 0 bridgehead atoms. The minimum atomic E-state index is -0.516. The summed E-state index contributed by atoms with van der Waals surface area (Å²) in [4.78, 5) is 8.43. The van der Waals surface area contributed by atoms with Crippen molar-refractivity contribution in [1.29, 1.82) is 0 Å². The van der Waals surface area contributed by atoms with Crippen LogP contribution in [0.25, 0.3) is 11.0 Å². The first-order chi connectivity index (χ1) is 9.96. The summed E-state index contributed by atoms with van der Waals surface area (Å²) in [5.74, 6) is -0.0609. The second-order valence-corrected chi connectivity index (χ2v) is 6.83. The molecule has 2 fully saturated rings. The number of rotatable bonds is 1. The van der Waals surface area contributed by atoms with Crippen molar-refractivity contribution < 1.29 is 9.47 Å². The minimum Gasteiger partial charge on any atom is -0.344 e. The largest absolute Gasteiger partial charge is 0.344 e. The van der Waals surface area contributed by atoms with E-state index in [0.29, 0.717) is 11.1 Å². The molecule has 1 saturated heterocycles. The van der Waals surface area contributed by atoms with E-state index in [1.165, 1.54) is 6.33 Å². The summed E-state index contributed by atoms with van der Waals surface area (Å²) >= 11 is 6.14. The third kappa shape index (κ3) is 1.99. The van der Waals surface area contributed by atoms with Gasteiger partial charge in [-0.3, -0.25) is 0 Å². The predicted molar refractivity (Wildman–Crippen MR) is 79.2 cm³/mol. The van der Waals surface area contributed by atoms with Crippen LogP contribution in [0.5, 0.6) is 0 Å². The fourth-order valence-electron chi connectivity index (χ4n) is 3.68. The van der Waals surface area contributed by atoms with Crippen LogP contribution in [-0.2, 0) is 9.47 Å². The zero-order valence-corrected chi connectivity index (χ0v) is 13.0. The smallest absolute Gasteiger partial charge is 0.163 e. The number of nitrogens with zero attached hydrogens (tertiary/aromatic N) is 3. The van der Waals surface area contributed by atoms with Gasteiger partial charge in [-0.15, -0.1) is 0 Å². The van der Waals surface area contributed by atoms with Crippen molar-refractivity contribution in [3.63, 3.8) is 0 Å². The molecule has 1 saturated carbocycles. The Morgan fingerprint density at radius 2 is 2.05 bits per heavy atom. The molecule has 0 amide bonds. The fourth-order valence-corrected chi connectivity index (χ4v) is 3.87. The van der Waals surface area contributed by atoms with E-state index in [1.54, 1.807) is 0 Å². The molecule has 6 heteroatoms. The van der Waals surface area contributed by atoms with Gasteiger partial charge < -0.3 is 14.0 Å². The average Bonchev–Trinajstić information content (AvgIpc) is 3.04. The Hall–Kier alpha value is -1.17. The monoisotopic (exact) mass is 307 g/mol. The number of ether oxygens (including phenoxy) is 2. The molecule has 2 aromatic heterocycles. The lowest BCUT2D eigenvalue weighted by atomic mass is 10.1. The second kappa shape index (κ2) is 4.41. The Labute approximate surface area is 128 Å².